The number of aromatic carboxylic acids is 1. The van der Waals surface area contributed by atoms with E-state index >= 15 is 0 Å². The summed E-state index contributed by atoms with van der Waals surface area (Å²) in [5, 5.41) is 10.9. The smallest absolute Gasteiger partial charge is 0.335 e. The lowest BCUT2D eigenvalue weighted by atomic mass is 10.1. The Morgan fingerprint density at radius 2 is 1.91 bits per heavy atom. The molecule has 0 amide bonds. The topological polar surface area (TPSA) is 63.3 Å². The van der Waals surface area contributed by atoms with Crippen LogP contribution in [-0.4, -0.2) is 16.1 Å². The predicted octanol–water partition coefficient (Wildman–Crippen LogP) is 4.35. The lowest BCUT2D eigenvalue weighted by molar-refractivity contribution is 0.0697. The van der Waals surface area contributed by atoms with Crippen molar-refractivity contribution < 1.29 is 14.3 Å². The van der Waals surface area contributed by atoms with Gasteiger partial charge in [0.1, 0.15) is 11.3 Å². The molecule has 1 N–H and O–H groups in total. The molecular formula is C18H11NO3. The van der Waals surface area contributed by atoms with Gasteiger partial charge in [0, 0.05) is 22.5 Å². The Morgan fingerprint density at radius 3 is 2.77 bits per heavy atom. The quantitative estimate of drug-likeness (QED) is 0.596. The summed E-state index contributed by atoms with van der Waals surface area (Å²) in [6, 6.07) is 16.4. The zero-order valence-electron chi connectivity index (χ0n) is 11.5. The summed E-state index contributed by atoms with van der Waals surface area (Å²) < 4.78 is 5.97. The highest BCUT2D eigenvalue weighted by atomic mass is 16.4. The molecule has 0 saturated heterocycles. The number of para-hydroxylation sites is 1. The van der Waals surface area contributed by atoms with E-state index < -0.39 is 5.97 Å². The Balaban J connectivity index is 1.95. The summed E-state index contributed by atoms with van der Waals surface area (Å²) in [4.78, 5) is 15.5. The fraction of sp³-hybridized carbons (Fsp3) is 0. The average Bonchev–Trinajstić information content (AvgIpc) is 2.99. The SMILES string of the molecule is O=C(O)c1cccc(-c2cc3cnc4ccccc4c3o2)c1. The minimum Gasteiger partial charge on any atom is -0.478 e. The standard InChI is InChI=1S/C18H11NO3/c20-18(21)12-5-3-4-11(8-12)16-9-13-10-19-15-7-2-1-6-14(15)17(13)22-16/h1-10H,(H,20,21). The molecule has 0 aliphatic rings. The number of rotatable bonds is 2. The second-order valence-electron chi connectivity index (χ2n) is 5.06. The first-order valence-electron chi connectivity index (χ1n) is 6.83. The summed E-state index contributed by atoms with van der Waals surface area (Å²) in [6.07, 6.45) is 1.77. The van der Waals surface area contributed by atoms with Crippen molar-refractivity contribution in [2.75, 3.05) is 0 Å². The van der Waals surface area contributed by atoms with Crippen LogP contribution in [0.3, 0.4) is 0 Å². The van der Waals surface area contributed by atoms with Gasteiger partial charge in [0.25, 0.3) is 0 Å². The molecule has 4 heteroatoms. The number of furan rings is 1. The molecule has 22 heavy (non-hydrogen) atoms. The molecule has 0 fully saturated rings. The number of carboxylic acids is 1. The molecule has 106 valence electrons. The highest BCUT2D eigenvalue weighted by Crippen LogP contribution is 2.31. The number of nitrogens with zero attached hydrogens (tertiary/aromatic N) is 1. The largest absolute Gasteiger partial charge is 0.478 e. The zero-order valence-corrected chi connectivity index (χ0v) is 11.5. The molecule has 0 aliphatic carbocycles. The highest BCUT2D eigenvalue weighted by molar-refractivity contribution is 6.03. The molecule has 0 atom stereocenters. The zero-order chi connectivity index (χ0) is 15.1. The Morgan fingerprint density at radius 1 is 1.05 bits per heavy atom. The number of hydrogen-bond acceptors (Lipinski definition) is 3. The fourth-order valence-electron chi connectivity index (χ4n) is 2.58. The van der Waals surface area contributed by atoms with Crippen molar-refractivity contribution in [3.63, 3.8) is 0 Å². The van der Waals surface area contributed by atoms with E-state index in [0.717, 1.165) is 27.4 Å². The maximum absolute atomic E-state index is 11.1. The van der Waals surface area contributed by atoms with Gasteiger partial charge in [0.15, 0.2) is 0 Å². The van der Waals surface area contributed by atoms with Crippen molar-refractivity contribution in [1.82, 2.24) is 4.98 Å². The monoisotopic (exact) mass is 289 g/mol. The maximum atomic E-state index is 11.1. The van der Waals surface area contributed by atoms with Gasteiger partial charge in [0.2, 0.25) is 0 Å². The number of pyridine rings is 1. The number of hydrogen-bond donors (Lipinski definition) is 1. The van der Waals surface area contributed by atoms with Gasteiger partial charge in [-0.25, -0.2) is 4.79 Å². The summed E-state index contributed by atoms with van der Waals surface area (Å²) in [5.41, 5.74) is 2.61. The first-order chi connectivity index (χ1) is 10.7. The molecular weight excluding hydrogens is 278 g/mol. The molecule has 2 aromatic carbocycles. The van der Waals surface area contributed by atoms with Crippen molar-refractivity contribution in [3.8, 4) is 11.3 Å². The van der Waals surface area contributed by atoms with Gasteiger partial charge in [-0.1, -0.05) is 24.3 Å². The van der Waals surface area contributed by atoms with Crippen LogP contribution in [0.25, 0.3) is 33.2 Å². The third-order valence-corrected chi connectivity index (χ3v) is 3.65. The normalized spacial score (nSPS) is 11.1. The van der Waals surface area contributed by atoms with Crippen molar-refractivity contribution in [3.05, 3.63) is 66.4 Å². The Hall–Kier alpha value is -3.14. The minimum absolute atomic E-state index is 0.237. The number of benzene rings is 2. The molecule has 2 aromatic heterocycles. The fourth-order valence-corrected chi connectivity index (χ4v) is 2.58. The van der Waals surface area contributed by atoms with Crippen LogP contribution in [0.5, 0.6) is 0 Å². The van der Waals surface area contributed by atoms with Crippen LogP contribution >= 0.6 is 0 Å². The van der Waals surface area contributed by atoms with E-state index in [1.807, 2.05) is 36.4 Å². The van der Waals surface area contributed by atoms with E-state index in [9.17, 15) is 4.79 Å². The van der Waals surface area contributed by atoms with Crippen LogP contribution in [0, 0.1) is 0 Å². The molecule has 0 bridgehead atoms. The Kier molecular flexibility index (Phi) is 2.69. The third kappa shape index (κ3) is 1.93. The van der Waals surface area contributed by atoms with Gasteiger partial charge in [-0.05, 0) is 30.3 Å². The van der Waals surface area contributed by atoms with Gasteiger partial charge >= 0.3 is 5.97 Å². The van der Waals surface area contributed by atoms with Crippen molar-refractivity contribution >= 4 is 27.8 Å². The van der Waals surface area contributed by atoms with Crippen molar-refractivity contribution in [2.24, 2.45) is 0 Å². The van der Waals surface area contributed by atoms with Crippen molar-refractivity contribution in [1.29, 1.82) is 0 Å². The van der Waals surface area contributed by atoms with Gasteiger partial charge in [0.05, 0.1) is 11.1 Å². The molecule has 4 nitrogen and oxygen atoms in total. The second kappa shape index (κ2) is 4.70. The molecule has 0 unspecified atom stereocenters. The van der Waals surface area contributed by atoms with E-state index in [2.05, 4.69) is 4.98 Å². The van der Waals surface area contributed by atoms with E-state index in [-0.39, 0.29) is 5.56 Å². The van der Waals surface area contributed by atoms with Gasteiger partial charge < -0.3 is 9.52 Å². The number of fused-ring (bicyclic) bond motifs is 3. The van der Waals surface area contributed by atoms with Crippen LogP contribution in [0.4, 0.5) is 0 Å². The third-order valence-electron chi connectivity index (χ3n) is 3.65. The molecule has 0 spiro atoms. The Labute approximate surface area is 125 Å². The second-order valence-corrected chi connectivity index (χ2v) is 5.06. The highest BCUT2D eigenvalue weighted by Gasteiger charge is 2.11. The molecule has 2 heterocycles. The summed E-state index contributed by atoms with van der Waals surface area (Å²) in [5.74, 6) is -0.318. The van der Waals surface area contributed by atoms with Crippen LogP contribution in [0.2, 0.25) is 0 Å². The summed E-state index contributed by atoms with van der Waals surface area (Å²) >= 11 is 0. The first kappa shape index (κ1) is 12.6. The van der Waals surface area contributed by atoms with Crippen molar-refractivity contribution in [2.45, 2.75) is 0 Å². The summed E-state index contributed by atoms with van der Waals surface area (Å²) in [6.45, 7) is 0. The molecule has 4 rings (SSSR count). The molecule has 0 saturated carbocycles. The first-order valence-corrected chi connectivity index (χ1v) is 6.83. The van der Waals surface area contributed by atoms with Crippen LogP contribution in [-0.2, 0) is 0 Å². The molecule has 4 aromatic rings. The van der Waals surface area contributed by atoms with Crippen LogP contribution in [0.1, 0.15) is 10.4 Å². The lowest BCUT2D eigenvalue weighted by Crippen LogP contribution is -1.95. The molecule has 0 radical (unpaired) electrons. The van der Waals surface area contributed by atoms with Crippen LogP contribution in [0.15, 0.2) is 65.2 Å². The minimum atomic E-state index is -0.954. The number of carboxylic acid groups (broad SMARTS) is 1. The number of carbonyl (C=O) groups is 1. The Bertz CT molecular complexity index is 1020. The van der Waals surface area contributed by atoms with Gasteiger partial charge in [-0.3, -0.25) is 4.98 Å². The predicted molar refractivity (Wildman–Crippen MR) is 83.9 cm³/mol. The van der Waals surface area contributed by atoms with E-state index in [1.54, 1.807) is 24.4 Å². The maximum Gasteiger partial charge on any atom is 0.335 e. The molecule has 0 aliphatic heterocycles. The van der Waals surface area contributed by atoms with E-state index in [4.69, 9.17) is 9.52 Å². The van der Waals surface area contributed by atoms with E-state index in [1.165, 1.54) is 0 Å². The average molecular weight is 289 g/mol. The lowest BCUT2D eigenvalue weighted by Gasteiger charge is -1.99. The van der Waals surface area contributed by atoms with E-state index in [0.29, 0.717) is 5.76 Å². The summed E-state index contributed by atoms with van der Waals surface area (Å²) in [7, 11) is 0. The number of aromatic nitrogens is 1. The van der Waals surface area contributed by atoms with Gasteiger partial charge in [-0.15, -0.1) is 0 Å². The van der Waals surface area contributed by atoms with Gasteiger partial charge in [-0.2, -0.15) is 0 Å². The van der Waals surface area contributed by atoms with Crippen LogP contribution < -0.4 is 0 Å².